The minimum Gasteiger partial charge on any atom is -0.352 e. The lowest BCUT2D eigenvalue weighted by molar-refractivity contribution is -0.140. The van der Waals surface area contributed by atoms with E-state index in [1.807, 2.05) is 51.1 Å². The van der Waals surface area contributed by atoms with E-state index in [0.29, 0.717) is 17.1 Å². The number of benzene rings is 2. The Morgan fingerprint density at radius 1 is 1.06 bits per heavy atom. The second-order valence-electron chi connectivity index (χ2n) is 9.57. The smallest absolute Gasteiger partial charge is 0.244 e. The van der Waals surface area contributed by atoms with Gasteiger partial charge in [0.15, 0.2) is 0 Å². The molecule has 0 heterocycles. The van der Waals surface area contributed by atoms with Crippen LogP contribution in [0.4, 0.5) is 5.69 Å². The molecule has 196 valence electrons. The largest absolute Gasteiger partial charge is 0.352 e. The zero-order chi connectivity index (χ0) is 26.5. The van der Waals surface area contributed by atoms with Crippen LogP contribution < -0.4 is 9.62 Å². The molecular weight excluding hydrogens is 498 g/mol. The molecule has 0 radical (unpaired) electrons. The number of anilines is 1. The number of aryl methyl sites for hydroxylation is 2. The average molecular weight is 534 g/mol. The van der Waals surface area contributed by atoms with Crippen molar-refractivity contribution in [3.05, 3.63) is 64.2 Å². The van der Waals surface area contributed by atoms with Crippen LogP contribution in [0.2, 0.25) is 5.02 Å². The van der Waals surface area contributed by atoms with Crippen LogP contribution in [0.1, 0.15) is 55.7 Å². The van der Waals surface area contributed by atoms with Gasteiger partial charge >= 0.3 is 0 Å². The van der Waals surface area contributed by atoms with Crippen molar-refractivity contribution in [1.29, 1.82) is 0 Å². The molecule has 1 aliphatic rings. The molecule has 2 aromatic rings. The normalized spacial score (nSPS) is 14.9. The first-order valence-electron chi connectivity index (χ1n) is 12.4. The van der Waals surface area contributed by atoms with Gasteiger partial charge in [0.25, 0.3) is 0 Å². The summed E-state index contributed by atoms with van der Waals surface area (Å²) in [5.41, 5.74) is 2.80. The van der Waals surface area contributed by atoms with Crippen molar-refractivity contribution < 1.29 is 18.0 Å². The molecule has 1 atom stereocenters. The number of carbonyl (C=O) groups is 2. The van der Waals surface area contributed by atoms with Crippen LogP contribution in [0.5, 0.6) is 0 Å². The first kappa shape index (κ1) is 28.0. The molecule has 1 fully saturated rings. The van der Waals surface area contributed by atoms with Crippen LogP contribution in [-0.4, -0.2) is 50.0 Å². The summed E-state index contributed by atoms with van der Waals surface area (Å²) in [6, 6.07) is 12.0. The van der Waals surface area contributed by atoms with Crippen LogP contribution in [0, 0.1) is 13.8 Å². The van der Waals surface area contributed by atoms with Gasteiger partial charge in [-0.3, -0.25) is 13.9 Å². The number of hydrogen-bond acceptors (Lipinski definition) is 4. The van der Waals surface area contributed by atoms with Gasteiger partial charge in [-0.1, -0.05) is 61.7 Å². The Morgan fingerprint density at radius 3 is 2.17 bits per heavy atom. The van der Waals surface area contributed by atoms with Crippen LogP contribution in [0.25, 0.3) is 0 Å². The average Bonchev–Trinajstić information content (AvgIpc) is 3.31. The molecule has 1 saturated carbocycles. The van der Waals surface area contributed by atoms with Crippen molar-refractivity contribution in [3.8, 4) is 0 Å². The lowest BCUT2D eigenvalue weighted by Crippen LogP contribution is -2.53. The summed E-state index contributed by atoms with van der Waals surface area (Å²) in [6.45, 7) is 5.27. The SMILES string of the molecule is CCC(C(=O)NC1CCCC1)N(Cc1ccc(Cl)cc1)C(=O)CN(c1c(C)cccc1C)S(C)(=O)=O. The molecule has 3 rings (SSSR count). The summed E-state index contributed by atoms with van der Waals surface area (Å²) in [7, 11) is -3.77. The van der Waals surface area contributed by atoms with E-state index in [2.05, 4.69) is 5.32 Å². The van der Waals surface area contributed by atoms with E-state index in [0.717, 1.165) is 52.9 Å². The van der Waals surface area contributed by atoms with E-state index in [9.17, 15) is 18.0 Å². The fourth-order valence-corrected chi connectivity index (χ4v) is 5.94. The quantitative estimate of drug-likeness (QED) is 0.484. The monoisotopic (exact) mass is 533 g/mol. The highest BCUT2D eigenvalue weighted by Gasteiger charge is 2.33. The van der Waals surface area contributed by atoms with E-state index < -0.39 is 28.5 Å². The second kappa shape index (κ2) is 12.1. The third-order valence-electron chi connectivity index (χ3n) is 6.72. The summed E-state index contributed by atoms with van der Waals surface area (Å²) >= 11 is 6.04. The number of amides is 2. The molecule has 0 aliphatic heterocycles. The van der Waals surface area contributed by atoms with E-state index in [-0.39, 0.29) is 18.5 Å². The van der Waals surface area contributed by atoms with Gasteiger partial charge in [0.1, 0.15) is 12.6 Å². The number of nitrogens with zero attached hydrogens (tertiary/aromatic N) is 2. The van der Waals surface area contributed by atoms with Gasteiger partial charge in [-0.25, -0.2) is 8.42 Å². The van der Waals surface area contributed by atoms with Crippen LogP contribution in [0.15, 0.2) is 42.5 Å². The fourth-order valence-electron chi connectivity index (χ4n) is 4.85. The number of nitrogens with one attached hydrogen (secondary N) is 1. The third kappa shape index (κ3) is 7.01. The number of hydrogen-bond donors (Lipinski definition) is 1. The van der Waals surface area contributed by atoms with E-state index in [4.69, 9.17) is 11.6 Å². The van der Waals surface area contributed by atoms with Crippen LogP contribution in [0.3, 0.4) is 0 Å². The highest BCUT2D eigenvalue weighted by atomic mass is 35.5. The van der Waals surface area contributed by atoms with Crippen molar-refractivity contribution in [1.82, 2.24) is 10.2 Å². The number of carbonyl (C=O) groups excluding carboxylic acids is 2. The van der Waals surface area contributed by atoms with Crippen molar-refractivity contribution >= 4 is 39.1 Å². The Bertz CT molecular complexity index is 1160. The molecule has 2 aromatic carbocycles. The number of rotatable bonds is 10. The summed E-state index contributed by atoms with van der Waals surface area (Å²) in [5.74, 6) is -0.642. The topological polar surface area (TPSA) is 86.8 Å². The zero-order valence-corrected chi connectivity index (χ0v) is 23.0. The minimum absolute atomic E-state index is 0.112. The Labute approximate surface area is 219 Å². The first-order chi connectivity index (χ1) is 17.0. The summed E-state index contributed by atoms with van der Waals surface area (Å²) in [5, 5.41) is 3.68. The molecule has 36 heavy (non-hydrogen) atoms. The fraction of sp³-hybridized carbons (Fsp3) is 0.481. The maximum atomic E-state index is 13.8. The van der Waals surface area contributed by atoms with E-state index in [1.165, 1.54) is 4.90 Å². The standard InChI is InChI=1S/C27H36ClN3O4S/c1-5-24(27(33)29-23-11-6-7-12-23)30(17-21-13-15-22(28)16-14-21)25(32)18-31(36(4,34)35)26-19(2)9-8-10-20(26)3/h8-10,13-16,23-24H,5-7,11-12,17-18H2,1-4H3,(H,29,33). The lowest BCUT2D eigenvalue weighted by atomic mass is 10.1. The summed E-state index contributed by atoms with van der Waals surface area (Å²) in [4.78, 5) is 28.6. The van der Waals surface area contributed by atoms with E-state index >= 15 is 0 Å². The summed E-state index contributed by atoms with van der Waals surface area (Å²) in [6.07, 6.45) is 5.52. The molecule has 1 N–H and O–H groups in total. The lowest BCUT2D eigenvalue weighted by Gasteiger charge is -2.34. The molecule has 0 saturated heterocycles. The molecule has 0 bridgehead atoms. The zero-order valence-electron chi connectivity index (χ0n) is 21.5. The van der Waals surface area contributed by atoms with Crippen LogP contribution in [-0.2, 0) is 26.2 Å². The molecule has 1 unspecified atom stereocenters. The molecule has 2 amide bonds. The van der Waals surface area contributed by atoms with Crippen LogP contribution >= 0.6 is 11.6 Å². The van der Waals surface area contributed by atoms with Gasteiger partial charge in [0.05, 0.1) is 11.9 Å². The minimum atomic E-state index is -3.77. The van der Waals surface area contributed by atoms with Gasteiger partial charge in [-0.2, -0.15) is 0 Å². The predicted molar refractivity (Wildman–Crippen MR) is 145 cm³/mol. The van der Waals surface area contributed by atoms with Gasteiger partial charge in [-0.05, 0) is 61.9 Å². The first-order valence-corrected chi connectivity index (χ1v) is 14.6. The van der Waals surface area contributed by atoms with Crippen molar-refractivity contribution in [2.45, 2.75) is 71.5 Å². The maximum absolute atomic E-state index is 13.8. The number of para-hydroxylation sites is 1. The van der Waals surface area contributed by atoms with E-state index in [1.54, 1.807) is 12.1 Å². The maximum Gasteiger partial charge on any atom is 0.244 e. The Balaban J connectivity index is 1.95. The molecular formula is C27H36ClN3O4S. The highest BCUT2D eigenvalue weighted by Crippen LogP contribution is 2.27. The third-order valence-corrected chi connectivity index (χ3v) is 8.09. The van der Waals surface area contributed by atoms with Gasteiger partial charge in [0.2, 0.25) is 21.8 Å². The van der Waals surface area contributed by atoms with Crippen molar-refractivity contribution in [2.75, 3.05) is 17.1 Å². The number of halogens is 1. The Kier molecular flexibility index (Phi) is 9.41. The Morgan fingerprint density at radius 2 is 1.64 bits per heavy atom. The van der Waals surface area contributed by atoms with Gasteiger partial charge in [-0.15, -0.1) is 0 Å². The second-order valence-corrected chi connectivity index (χ2v) is 11.9. The van der Waals surface area contributed by atoms with Crippen molar-refractivity contribution in [2.24, 2.45) is 0 Å². The molecule has 9 heteroatoms. The molecule has 1 aliphatic carbocycles. The summed E-state index contributed by atoms with van der Waals surface area (Å²) < 4.78 is 26.9. The van der Waals surface area contributed by atoms with Gasteiger partial charge in [0, 0.05) is 17.6 Å². The molecule has 0 aromatic heterocycles. The predicted octanol–water partition coefficient (Wildman–Crippen LogP) is 4.59. The number of sulfonamides is 1. The molecule has 0 spiro atoms. The van der Waals surface area contributed by atoms with Gasteiger partial charge < -0.3 is 10.2 Å². The Hall–Kier alpha value is -2.58. The molecule has 7 nitrogen and oxygen atoms in total. The highest BCUT2D eigenvalue weighted by molar-refractivity contribution is 7.92. The van der Waals surface area contributed by atoms with Crippen molar-refractivity contribution in [3.63, 3.8) is 0 Å².